The summed E-state index contributed by atoms with van der Waals surface area (Å²) >= 11 is 1.34. The molecule has 1 amide bonds. The number of thiophene rings is 1. The van der Waals surface area contributed by atoms with Gasteiger partial charge in [-0.15, -0.1) is 11.3 Å². The van der Waals surface area contributed by atoms with Crippen LogP contribution in [0.2, 0.25) is 0 Å². The minimum absolute atomic E-state index is 0.0873. The van der Waals surface area contributed by atoms with Crippen molar-refractivity contribution >= 4 is 39.5 Å². The van der Waals surface area contributed by atoms with Crippen molar-refractivity contribution in [3.8, 4) is 6.07 Å². The van der Waals surface area contributed by atoms with Crippen LogP contribution in [0.4, 0.5) is 5.69 Å². The minimum Gasteiger partial charge on any atom is -0.376 e. The lowest BCUT2D eigenvalue weighted by Gasteiger charge is -2.27. The van der Waals surface area contributed by atoms with Crippen molar-refractivity contribution in [2.75, 3.05) is 19.0 Å². The van der Waals surface area contributed by atoms with E-state index in [0.29, 0.717) is 10.4 Å². The molecule has 0 atom stereocenters. The average Bonchev–Trinajstić information content (AvgIpc) is 3.16. The Hall–Kier alpha value is -2.46. The number of anilines is 1. The van der Waals surface area contributed by atoms with E-state index in [1.165, 1.54) is 43.4 Å². The molecular formula is C21H27N5OS. The second kappa shape index (κ2) is 9.16. The van der Waals surface area contributed by atoms with Crippen LogP contribution in [0.15, 0.2) is 12.3 Å². The summed E-state index contributed by atoms with van der Waals surface area (Å²) in [6.07, 6.45) is 11.8. The number of amides is 1. The second-order valence-corrected chi connectivity index (χ2v) is 8.58. The standard InChI is InChI=1S/C21H27N5OS/c1-25(2)19-15(12-22)13-24-20-17(19)11-18(28-20)21(27)26(14-23)16-9-7-5-3-4-6-8-10-16/h11,13-14,16,23H,3-10H2,1-2H3. The van der Waals surface area contributed by atoms with Crippen LogP contribution in [0.25, 0.3) is 10.2 Å². The highest BCUT2D eigenvalue weighted by Gasteiger charge is 2.26. The number of aromatic nitrogens is 1. The average molecular weight is 398 g/mol. The number of nitrogens with zero attached hydrogens (tertiary/aromatic N) is 4. The highest BCUT2D eigenvalue weighted by atomic mass is 32.1. The van der Waals surface area contributed by atoms with Gasteiger partial charge in [0.25, 0.3) is 5.91 Å². The van der Waals surface area contributed by atoms with Crippen molar-refractivity contribution in [2.45, 2.75) is 57.4 Å². The maximum absolute atomic E-state index is 13.2. The van der Waals surface area contributed by atoms with Crippen LogP contribution in [0, 0.1) is 16.7 Å². The molecule has 6 nitrogen and oxygen atoms in total. The molecule has 0 saturated heterocycles. The Labute approximate surface area is 170 Å². The van der Waals surface area contributed by atoms with Crippen LogP contribution in [0.1, 0.15) is 66.6 Å². The maximum Gasteiger partial charge on any atom is 0.269 e. The Bertz CT molecular complexity index is 888. The highest BCUT2D eigenvalue weighted by molar-refractivity contribution is 7.20. The summed E-state index contributed by atoms with van der Waals surface area (Å²) in [4.78, 5) is 22.4. The minimum atomic E-state index is -0.134. The number of carbonyl (C=O) groups is 1. The van der Waals surface area contributed by atoms with E-state index in [9.17, 15) is 10.1 Å². The normalized spacial score (nSPS) is 15.9. The van der Waals surface area contributed by atoms with Gasteiger partial charge in [-0.3, -0.25) is 15.1 Å². The van der Waals surface area contributed by atoms with Gasteiger partial charge in [0.15, 0.2) is 0 Å². The molecule has 1 aliphatic carbocycles. The number of nitriles is 1. The first-order valence-electron chi connectivity index (χ1n) is 9.90. The lowest BCUT2D eigenvalue weighted by Crippen LogP contribution is -2.38. The zero-order chi connectivity index (χ0) is 20.1. The summed E-state index contributed by atoms with van der Waals surface area (Å²) in [6, 6.07) is 4.10. The van der Waals surface area contributed by atoms with Gasteiger partial charge < -0.3 is 4.90 Å². The SMILES string of the molecule is CN(C)c1c(C#N)cnc2sc(C(=O)N(C=N)C3CCCCCCCC3)cc12. The van der Waals surface area contributed by atoms with Crippen LogP contribution in [0.5, 0.6) is 0 Å². The number of hydrogen-bond acceptors (Lipinski definition) is 6. The second-order valence-electron chi connectivity index (χ2n) is 7.55. The number of pyridine rings is 1. The molecule has 1 saturated carbocycles. The maximum atomic E-state index is 13.2. The fraction of sp³-hybridized carbons (Fsp3) is 0.524. The molecule has 2 aromatic heterocycles. The van der Waals surface area contributed by atoms with E-state index in [1.54, 1.807) is 11.1 Å². The van der Waals surface area contributed by atoms with Gasteiger partial charge in [-0.25, -0.2) is 4.98 Å². The van der Waals surface area contributed by atoms with E-state index in [2.05, 4.69) is 11.1 Å². The Morgan fingerprint density at radius 2 is 1.89 bits per heavy atom. The van der Waals surface area contributed by atoms with E-state index in [-0.39, 0.29) is 11.9 Å². The van der Waals surface area contributed by atoms with E-state index in [1.807, 2.05) is 25.1 Å². The predicted molar refractivity (Wildman–Crippen MR) is 114 cm³/mol. The largest absolute Gasteiger partial charge is 0.376 e. The first-order chi connectivity index (χ1) is 13.6. The van der Waals surface area contributed by atoms with Gasteiger partial charge in [0, 0.05) is 31.7 Å². The molecule has 28 heavy (non-hydrogen) atoms. The molecule has 0 aromatic carbocycles. The topological polar surface area (TPSA) is 84.1 Å². The summed E-state index contributed by atoms with van der Waals surface area (Å²) < 4.78 is 0. The van der Waals surface area contributed by atoms with E-state index in [4.69, 9.17) is 5.41 Å². The van der Waals surface area contributed by atoms with Crippen molar-refractivity contribution in [3.05, 3.63) is 22.7 Å². The quantitative estimate of drug-likeness (QED) is 0.594. The van der Waals surface area contributed by atoms with Gasteiger partial charge in [0.2, 0.25) is 0 Å². The highest BCUT2D eigenvalue weighted by Crippen LogP contribution is 2.34. The molecule has 2 heterocycles. The van der Waals surface area contributed by atoms with Crippen LogP contribution < -0.4 is 4.90 Å². The van der Waals surface area contributed by atoms with Gasteiger partial charge in [0.1, 0.15) is 10.9 Å². The third-order valence-electron chi connectivity index (χ3n) is 5.40. The molecular weight excluding hydrogens is 370 g/mol. The van der Waals surface area contributed by atoms with E-state index < -0.39 is 0 Å². The molecule has 1 N–H and O–H groups in total. The zero-order valence-corrected chi connectivity index (χ0v) is 17.4. The molecule has 3 rings (SSSR count). The lowest BCUT2D eigenvalue weighted by molar-refractivity contribution is 0.0799. The number of fused-ring (bicyclic) bond motifs is 1. The van der Waals surface area contributed by atoms with Crippen molar-refractivity contribution in [3.63, 3.8) is 0 Å². The molecule has 0 radical (unpaired) electrons. The van der Waals surface area contributed by atoms with Crippen molar-refractivity contribution in [2.24, 2.45) is 0 Å². The number of hydrogen-bond donors (Lipinski definition) is 1. The molecule has 1 aliphatic rings. The van der Waals surface area contributed by atoms with Crippen LogP contribution >= 0.6 is 11.3 Å². The fourth-order valence-electron chi connectivity index (χ4n) is 3.99. The van der Waals surface area contributed by atoms with Gasteiger partial charge in [-0.05, 0) is 18.9 Å². The molecule has 148 valence electrons. The zero-order valence-electron chi connectivity index (χ0n) is 16.6. The van der Waals surface area contributed by atoms with Gasteiger partial charge in [-0.2, -0.15) is 5.26 Å². The number of rotatable bonds is 4. The molecule has 1 fully saturated rings. The smallest absolute Gasteiger partial charge is 0.269 e. The first-order valence-corrected chi connectivity index (χ1v) is 10.7. The lowest BCUT2D eigenvalue weighted by atomic mass is 10.0. The predicted octanol–water partition coefficient (Wildman–Crippen LogP) is 4.79. The monoisotopic (exact) mass is 397 g/mol. The Kier molecular flexibility index (Phi) is 6.63. The van der Waals surface area contributed by atoms with Crippen LogP contribution in [-0.2, 0) is 0 Å². The van der Waals surface area contributed by atoms with Gasteiger partial charge in [0.05, 0.1) is 22.5 Å². The summed E-state index contributed by atoms with van der Waals surface area (Å²) in [5.74, 6) is -0.134. The third kappa shape index (κ3) is 4.17. The van der Waals surface area contributed by atoms with Crippen molar-refractivity contribution in [1.82, 2.24) is 9.88 Å². The molecule has 2 aromatic rings. The molecule has 7 heteroatoms. The number of nitrogens with one attached hydrogen (secondary N) is 1. The van der Waals surface area contributed by atoms with E-state index in [0.717, 1.165) is 41.6 Å². The molecule has 0 unspecified atom stereocenters. The first kappa shape index (κ1) is 20.3. The summed E-state index contributed by atoms with van der Waals surface area (Å²) in [6.45, 7) is 0. The van der Waals surface area contributed by atoms with Crippen LogP contribution in [-0.4, -0.2) is 42.3 Å². The van der Waals surface area contributed by atoms with Crippen LogP contribution in [0.3, 0.4) is 0 Å². The van der Waals surface area contributed by atoms with Crippen molar-refractivity contribution < 1.29 is 4.79 Å². The Balaban J connectivity index is 1.93. The number of carbonyl (C=O) groups excluding carboxylic acids is 1. The summed E-state index contributed by atoms with van der Waals surface area (Å²) in [7, 11) is 3.77. The van der Waals surface area contributed by atoms with Gasteiger partial charge in [-0.1, -0.05) is 38.5 Å². The Morgan fingerprint density at radius 1 is 1.25 bits per heavy atom. The molecule has 0 spiro atoms. The molecule has 0 bridgehead atoms. The third-order valence-corrected chi connectivity index (χ3v) is 6.43. The molecule has 0 aliphatic heterocycles. The summed E-state index contributed by atoms with van der Waals surface area (Å²) in [5, 5.41) is 18.1. The van der Waals surface area contributed by atoms with Crippen molar-refractivity contribution in [1.29, 1.82) is 10.7 Å². The fourth-order valence-corrected chi connectivity index (χ4v) is 4.94. The Morgan fingerprint density at radius 3 is 2.46 bits per heavy atom. The van der Waals surface area contributed by atoms with E-state index >= 15 is 0 Å². The summed E-state index contributed by atoms with van der Waals surface area (Å²) in [5.41, 5.74) is 1.28. The van der Waals surface area contributed by atoms with Gasteiger partial charge >= 0.3 is 0 Å².